The molecule has 3 rings (SSSR count). The second-order valence-electron chi connectivity index (χ2n) is 6.63. The molecule has 1 aliphatic heterocycles. The first-order valence-corrected chi connectivity index (χ1v) is 11.8. The van der Waals surface area contributed by atoms with Crippen LogP contribution >= 0.6 is 11.6 Å². The molecule has 152 valence electrons. The van der Waals surface area contributed by atoms with E-state index in [4.69, 9.17) is 11.6 Å². The van der Waals surface area contributed by atoms with E-state index in [9.17, 15) is 21.2 Å². The summed E-state index contributed by atoms with van der Waals surface area (Å²) in [5.74, 6) is -0.933. The molecule has 0 aromatic heterocycles. The zero-order chi connectivity index (χ0) is 20.7. The molecule has 1 heterocycles. The average Bonchev–Trinajstić information content (AvgIpc) is 2.63. The fourth-order valence-corrected chi connectivity index (χ4v) is 6.13. The van der Waals surface area contributed by atoms with Crippen molar-refractivity contribution >= 4 is 31.6 Å². The normalized spacial score (nSPS) is 17.0. The molecule has 0 unspecified atom stereocenters. The van der Waals surface area contributed by atoms with Gasteiger partial charge in [0, 0.05) is 31.2 Å². The molecule has 0 saturated carbocycles. The Morgan fingerprint density at radius 3 is 1.93 bits per heavy atom. The Labute approximate surface area is 169 Å². The molecule has 0 radical (unpaired) electrons. The molecule has 0 atom stereocenters. The Bertz CT molecular complexity index is 1110. The van der Waals surface area contributed by atoms with Crippen LogP contribution in [0.25, 0.3) is 0 Å². The van der Waals surface area contributed by atoms with Crippen LogP contribution in [-0.2, 0) is 20.0 Å². The highest BCUT2D eigenvalue weighted by Gasteiger charge is 2.35. The molecular weight excluding hydrogens is 427 g/mol. The minimum Gasteiger partial charge on any atom is -0.207 e. The van der Waals surface area contributed by atoms with Crippen LogP contribution in [0.4, 0.5) is 4.39 Å². The predicted octanol–water partition coefficient (Wildman–Crippen LogP) is 2.79. The van der Waals surface area contributed by atoms with Crippen LogP contribution in [0.2, 0.25) is 5.02 Å². The third kappa shape index (κ3) is 3.95. The van der Waals surface area contributed by atoms with E-state index in [1.165, 1.54) is 10.4 Å². The van der Waals surface area contributed by atoms with Crippen molar-refractivity contribution in [2.24, 2.45) is 0 Å². The van der Waals surface area contributed by atoms with Gasteiger partial charge in [0.2, 0.25) is 20.0 Å². The van der Waals surface area contributed by atoms with Gasteiger partial charge in [-0.15, -0.1) is 0 Å². The highest BCUT2D eigenvalue weighted by Crippen LogP contribution is 2.25. The van der Waals surface area contributed by atoms with Gasteiger partial charge in [0.05, 0.1) is 4.90 Å². The molecule has 1 aliphatic rings. The van der Waals surface area contributed by atoms with Gasteiger partial charge in [0.15, 0.2) is 0 Å². The molecule has 0 aliphatic carbocycles. The number of halogens is 2. The second-order valence-corrected chi connectivity index (χ2v) is 10.9. The minimum atomic E-state index is -4.08. The molecule has 0 bridgehead atoms. The highest BCUT2D eigenvalue weighted by atomic mass is 35.5. The van der Waals surface area contributed by atoms with Crippen LogP contribution in [0.5, 0.6) is 0 Å². The largest absolute Gasteiger partial charge is 0.246 e. The SMILES string of the molecule is Cc1ccc(S(=O)(=O)N2CCN(S(=O)(=O)c3ccc(Cl)cc3F)CC2)cc1C. The fourth-order valence-electron chi connectivity index (χ4n) is 3.00. The standard InChI is InChI=1S/C18H20ClFN2O4S2/c1-13-3-5-16(11-14(13)2)27(23,24)21-7-9-22(10-8-21)28(25,26)18-6-4-15(19)12-17(18)20/h3-6,11-12H,7-10H2,1-2H3. The number of hydrogen-bond acceptors (Lipinski definition) is 4. The smallest absolute Gasteiger partial charge is 0.207 e. The van der Waals surface area contributed by atoms with E-state index >= 15 is 0 Å². The van der Waals surface area contributed by atoms with Gasteiger partial charge in [-0.25, -0.2) is 21.2 Å². The predicted molar refractivity (Wildman–Crippen MR) is 105 cm³/mol. The van der Waals surface area contributed by atoms with Crippen molar-refractivity contribution in [2.75, 3.05) is 26.2 Å². The van der Waals surface area contributed by atoms with E-state index in [-0.39, 0.29) is 36.1 Å². The third-order valence-electron chi connectivity index (χ3n) is 4.83. The van der Waals surface area contributed by atoms with Crippen LogP contribution in [0.1, 0.15) is 11.1 Å². The van der Waals surface area contributed by atoms with Crippen LogP contribution in [0.15, 0.2) is 46.2 Å². The first kappa shape index (κ1) is 21.2. The monoisotopic (exact) mass is 446 g/mol. The first-order valence-electron chi connectivity index (χ1n) is 8.56. The van der Waals surface area contributed by atoms with Gasteiger partial charge in [-0.2, -0.15) is 8.61 Å². The Balaban J connectivity index is 1.79. The van der Waals surface area contributed by atoms with Crippen LogP contribution < -0.4 is 0 Å². The maximum absolute atomic E-state index is 14.1. The molecule has 0 spiro atoms. The topological polar surface area (TPSA) is 74.8 Å². The molecule has 6 nitrogen and oxygen atoms in total. The number of aryl methyl sites for hydroxylation is 2. The van der Waals surface area contributed by atoms with Gasteiger partial charge in [0.25, 0.3) is 0 Å². The summed E-state index contributed by atoms with van der Waals surface area (Å²) in [6.45, 7) is 3.58. The van der Waals surface area contributed by atoms with Gasteiger partial charge in [-0.3, -0.25) is 0 Å². The Morgan fingerprint density at radius 1 is 0.821 bits per heavy atom. The van der Waals surface area contributed by atoms with E-state index in [0.717, 1.165) is 27.6 Å². The number of hydrogen-bond donors (Lipinski definition) is 0. The lowest BCUT2D eigenvalue weighted by atomic mass is 10.1. The number of piperazine rings is 1. The summed E-state index contributed by atoms with van der Waals surface area (Å²) in [6.07, 6.45) is 0. The number of benzene rings is 2. The number of rotatable bonds is 4. The summed E-state index contributed by atoms with van der Waals surface area (Å²) in [7, 11) is -7.81. The van der Waals surface area contributed by atoms with Crippen LogP contribution in [0, 0.1) is 19.7 Å². The van der Waals surface area contributed by atoms with Crippen molar-refractivity contribution in [1.82, 2.24) is 8.61 Å². The molecule has 2 aromatic carbocycles. The van der Waals surface area contributed by atoms with Crippen molar-refractivity contribution in [3.63, 3.8) is 0 Å². The van der Waals surface area contributed by atoms with Crippen molar-refractivity contribution in [2.45, 2.75) is 23.6 Å². The fraction of sp³-hybridized carbons (Fsp3) is 0.333. The Hall–Kier alpha value is -1.52. The van der Waals surface area contributed by atoms with Gasteiger partial charge in [-0.05, 0) is 55.3 Å². The van der Waals surface area contributed by atoms with Crippen molar-refractivity contribution in [3.8, 4) is 0 Å². The Morgan fingerprint density at radius 2 is 1.39 bits per heavy atom. The molecular formula is C18H20ClFN2O4S2. The van der Waals surface area contributed by atoms with Crippen molar-refractivity contribution in [1.29, 1.82) is 0 Å². The molecule has 28 heavy (non-hydrogen) atoms. The summed E-state index contributed by atoms with van der Waals surface area (Å²) >= 11 is 5.68. The molecule has 2 aromatic rings. The van der Waals surface area contributed by atoms with E-state index in [0.29, 0.717) is 0 Å². The summed E-state index contributed by atoms with van der Waals surface area (Å²) in [6, 6.07) is 8.25. The van der Waals surface area contributed by atoms with E-state index in [1.54, 1.807) is 18.2 Å². The zero-order valence-corrected chi connectivity index (χ0v) is 17.8. The number of nitrogens with zero attached hydrogens (tertiary/aromatic N) is 2. The van der Waals surface area contributed by atoms with Crippen LogP contribution in [0.3, 0.4) is 0 Å². The van der Waals surface area contributed by atoms with Gasteiger partial charge in [0.1, 0.15) is 10.7 Å². The lowest BCUT2D eigenvalue weighted by Crippen LogP contribution is -2.50. The molecule has 0 amide bonds. The average molecular weight is 447 g/mol. The molecule has 10 heteroatoms. The van der Waals surface area contributed by atoms with E-state index < -0.39 is 30.8 Å². The van der Waals surface area contributed by atoms with E-state index in [1.807, 2.05) is 13.8 Å². The third-order valence-corrected chi connectivity index (χ3v) is 8.89. The van der Waals surface area contributed by atoms with Crippen LogP contribution in [-0.4, -0.2) is 51.6 Å². The van der Waals surface area contributed by atoms with E-state index in [2.05, 4.69) is 0 Å². The maximum Gasteiger partial charge on any atom is 0.246 e. The quantitative estimate of drug-likeness (QED) is 0.723. The van der Waals surface area contributed by atoms with Gasteiger partial charge >= 0.3 is 0 Å². The number of sulfonamides is 2. The summed E-state index contributed by atoms with van der Waals surface area (Å²) in [4.78, 5) is -0.294. The summed E-state index contributed by atoms with van der Waals surface area (Å²) in [5, 5.41) is 0.0979. The second kappa shape index (κ2) is 7.72. The minimum absolute atomic E-state index is 0.0102. The summed E-state index contributed by atoms with van der Waals surface area (Å²) in [5.41, 5.74) is 1.85. The lowest BCUT2D eigenvalue weighted by molar-refractivity contribution is 0.272. The zero-order valence-electron chi connectivity index (χ0n) is 15.4. The summed E-state index contributed by atoms with van der Waals surface area (Å²) < 4.78 is 67.5. The van der Waals surface area contributed by atoms with Gasteiger partial charge < -0.3 is 0 Å². The molecule has 0 N–H and O–H groups in total. The first-order chi connectivity index (χ1) is 13.0. The van der Waals surface area contributed by atoms with Crippen molar-refractivity contribution in [3.05, 3.63) is 58.4 Å². The maximum atomic E-state index is 14.1. The van der Waals surface area contributed by atoms with Crippen molar-refractivity contribution < 1.29 is 21.2 Å². The highest BCUT2D eigenvalue weighted by molar-refractivity contribution is 7.89. The molecule has 1 fully saturated rings. The lowest BCUT2D eigenvalue weighted by Gasteiger charge is -2.33. The van der Waals surface area contributed by atoms with Gasteiger partial charge in [-0.1, -0.05) is 17.7 Å². The molecule has 1 saturated heterocycles. The Kier molecular flexibility index (Phi) is 5.84.